The number of halogens is 2. The summed E-state index contributed by atoms with van der Waals surface area (Å²) in [4.78, 5) is 34.0. The first kappa shape index (κ1) is 36.5. The van der Waals surface area contributed by atoms with E-state index in [0.717, 1.165) is 33.8 Å². The van der Waals surface area contributed by atoms with Gasteiger partial charge in [0.05, 0.1) is 5.69 Å². The molecule has 0 bridgehead atoms. The van der Waals surface area contributed by atoms with Gasteiger partial charge in [-0.05, 0) is 96.7 Å². The summed E-state index contributed by atoms with van der Waals surface area (Å²) in [6, 6.07) is 23.6. The van der Waals surface area contributed by atoms with Crippen LogP contribution in [0.25, 0.3) is 11.3 Å². The van der Waals surface area contributed by atoms with Gasteiger partial charge >= 0.3 is 22.8 Å². The van der Waals surface area contributed by atoms with Crippen molar-refractivity contribution in [2.75, 3.05) is 21.3 Å². The number of hydrogen-bond acceptors (Lipinski definition) is 10. The molecular formula is C34H28F2N6O6S3. The number of urea groups is 1. The number of nitrogens with one attached hydrogen (secondary N) is 4. The fourth-order valence-corrected chi connectivity index (χ4v) is 6.34. The van der Waals surface area contributed by atoms with Crippen molar-refractivity contribution in [1.82, 2.24) is 9.97 Å². The van der Waals surface area contributed by atoms with Gasteiger partial charge in [-0.3, -0.25) is 14.3 Å². The number of alkyl halides is 2. The summed E-state index contributed by atoms with van der Waals surface area (Å²) in [5.74, 6) is -0.335. The van der Waals surface area contributed by atoms with Gasteiger partial charge in [0, 0.05) is 51.7 Å². The van der Waals surface area contributed by atoms with Gasteiger partial charge in [0.1, 0.15) is 9.96 Å². The number of ether oxygens (including phenoxy) is 1. The van der Waals surface area contributed by atoms with Gasteiger partial charge in [-0.1, -0.05) is 12.1 Å². The molecule has 0 aliphatic heterocycles. The molecule has 3 heterocycles. The van der Waals surface area contributed by atoms with Crippen LogP contribution in [-0.4, -0.2) is 41.5 Å². The van der Waals surface area contributed by atoms with Crippen LogP contribution in [-0.2, 0) is 10.1 Å². The minimum atomic E-state index is -3.94. The van der Waals surface area contributed by atoms with Crippen molar-refractivity contribution in [2.45, 2.75) is 17.7 Å². The molecule has 5 N–H and O–H groups in total. The quantitative estimate of drug-likeness (QED) is 0.0859. The topological polar surface area (TPSA) is 172 Å². The van der Waals surface area contributed by atoms with Crippen LogP contribution in [0.5, 0.6) is 5.75 Å². The van der Waals surface area contributed by atoms with Crippen LogP contribution >= 0.6 is 22.7 Å². The number of amides is 3. The van der Waals surface area contributed by atoms with Gasteiger partial charge in [-0.15, -0.1) is 22.7 Å². The van der Waals surface area contributed by atoms with Gasteiger partial charge in [0.2, 0.25) is 0 Å². The van der Waals surface area contributed by atoms with Gasteiger partial charge in [0.25, 0.3) is 5.91 Å². The zero-order chi connectivity index (χ0) is 36.4. The lowest BCUT2D eigenvalue weighted by Gasteiger charge is -2.12. The van der Waals surface area contributed by atoms with Crippen LogP contribution in [0.4, 0.5) is 41.5 Å². The van der Waals surface area contributed by atoms with Gasteiger partial charge < -0.3 is 26.0 Å². The Balaban J connectivity index is 0.000000488. The molecule has 51 heavy (non-hydrogen) atoms. The standard InChI is InChI=1S/C30H24F2N6O3S.C4H4O3S2/c1-18-4-7-23(15-25(18)37-30-38-26(17-42-30)20-3-2-14-33-16-20)34-27(39)19-5-8-21(9-6-19)35-29(40)36-22-10-12-24(13-11-22)41-28(31)32;5-9(6,7)4-2-1-3-8-4/h2-17,28H,1H3,(H,34,39)(H,37,38)(H2,35,36,40);1-3H,(H,5,6,7). The number of thiazole rings is 1. The monoisotopic (exact) mass is 750 g/mol. The zero-order valence-electron chi connectivity index (χ0n) is 26.4. The maximum atomic E-state index is 12.9. The van der Waals surface area contributed by atoms with E-state index >= 15 is 0 Å². The number of aryl methyl sites for hydroxylation is 1. The molecule has 0 aliphatic carbocycles. The van der Waals surface area contributed by atoms with Crippen LogP contribution in [0, 0.1) is 6.92 Å². The first-order valence-electron chi connectivity index (χ1n) is 14.7. The van der Waals surface area contributed by atoms with E-state index in [2.05, 4.69) is 36.0 Å². The second-order valence-corrected chi connectivity index (χ2v) is 13.8. The molecule has 0 aliphatic rings. The molecule has 17 heteroatoms. The Kier molecular flexibility index (Phi) is 12.0. The van der Waals surface area contributed by atoms with E-state index < -0.39 is 22.8 Å². The van der Waals surface area contributed by atoms with Crippen molar-refractivity contribution in [3.63, 3.8) is 0 Å². The second-order valence-electron chi connectivity index (χ2n) is 10.4. The number of pyridine rings is 1. The molecule has 3 aromatic carbocycles. The summed E-state index contributed by atoms with van der Waals surface area (Å²) >= 11 is 2.46. The van der Waals surface area contributed by atoms with Gasteiger partial charge in [0.15, 0.2) is 5.13 Å². The third kappa shape index (κ3) is 10.9. The molecule has 3 aromatic heterocycles. The van der Waals surface area contributed by atoms with E-state index in [1.54, 1.807) is 48.1 Å². The van der Waals surface area contributed by atoms with E-state index in [1.807, 2.05) is 42.6 Å². The predicted octanol–water partition coefficient (Wildman–Crippen LogP) is 8.75. The van der Waals surface area contributed by atoms with E-state index in [4.69, 9.17) is 4.55 Å². The number of hydrogen-bond donors (Lipinski definition) is 5. The van der Waals surface area contributed by atoms with E-state index in [9.17, 15) is 26.8 Å². The fraction of sp³-hybridized carbons (Fsp3) is 0.0588. The maximum absolute atomic E-state index is 12.9. The van der Waals surface area contributed by atoms with Crippen LogP contribution < -0.4 is 26.0 Å². The molecule has 0 fully saturated rings. The minimum Gasteiger partial charge on any atom is -0.435 e. The molecule has 3 amide bonds. The van der Waals surface area contributed by atoms with Crippen molar-refractivity contribution < 1.29 is 36.1 Å². The summed E-state index contributed by atoms with van der Waals surface area (Å²) < 4.78 is 57.7. The Morgan fingerprint density at radius 3 is 2.14 bits per heavy atom. The largest absolute Gasteiger partial charge is 0.435 e. The molecule has 0 saturated heterocycles. The van der Waals surface area contributed by atoms with Crippen molar-refractivity contribution >= 4 is 72.6 Å². The van der Waals surface area contributed by atoms with Crippen molar-refractivity contribution in [2.24, 2.45) is 0 Å². The van der Waals surface area contributed by atoms with Crippen LogP contribution in [0.15, 0.2) is 118 Å². The first-order chi connectivity index (χ1) is 24.4. The number of thiophene rings is 1. The van der Waals surface area contributed by atoms with Crippen LogP contribution in [0.1, 0.15) is 15.9 Å². The fourth-order valence-electron chi connectivity index (χ4n) is 4.26. The number of benzene rings is 3. The Morgan fingerprint density at radius 2 is 1.55 bits per heavy atom. The highest BCUT2D eigenvalue weighted by Gasteiger charge is 2.12. The highest BCUT2D eigenvalue weighted by molar-refractivity contribution is 7.88. The van der Waals surface area contributed by atoms with Crippen molar-refractivity contribution in [1.29, 1.82) is 0 Å². The predicted molar refractivity (Wildman–Crippen MR) is 194 cm³/mol. The van der Waals surface area contributed by atoms with Gasteiger partial charge in [-0.2, -0.15) is 17.2 Å². The highest BCUT2D eigenvalue weighted by Crippen LogP contribution is 2.29. The normalized spacial score (nSPS) is 10.8. The molecule has 12 nitrogen and oxygen atoms in total. The lowest BCUT2D eigenvalue weighted by atomic mass is 10.1. The summed E-state index contributed by atoms with van der Waals surface area (Å²) in [7, 11) is -3.94. The third-order valence-electron chi connectivity index (χ3n) is 6.69. The van der Waals surface area contributed by atoms with Crippen LogP contribution in [0.3, 0.4) is 0 Å². The number of anilines is 5. The molecule has 0 spiro atoms. The summed E-state index contributed by atoms with van der Waals surface area (Å²) in [6.45, 7) is -0.965. The lowest BCUT2D eigenvalue weighted by molar-refractivity contribution is -0.0498. The molecule has 0 atom stereocenters. The number of carbonyl (C=O) groups excluding carboxylic acids is 2. The summed E-state index contributed by atoms with van der Waals surface area (Å²) in [6.07, 6.45) is 3.47. The molecular weight excluding hydrogens is 723 g/mol. The molecule has 0 saturated carbocycles. The highest BCUT2D eigenvalue weighted by atomic mass is 32.3. The Hall–Kier alpha value is -5.75. The average Bonchev–Trinajstić information content (AvgIpc) is 3.82. The zero-order valence-corrected chi connectivity index (χ0v) is 28.9. The number of rotatable bonds is 10. The molecule has 0 radical (unpaired) electrons. The maximum Gasteiger partial charge on any atom is 0.387 e. The molecule has 6 rings (SSSR count). The van der Waals surface area contributed by atoms with E-state index in [0.29, 0.717) is 27.8 Å². The van der Waals surface area contributed by atoms with Crippen LogP contribution in [0.2, 0.25) is 0 Å². The number of carbonyl (C=O) groups is 2. The average molecular weight is 751 g/mol. The summed E-state index contributed by atoms with van der Waals surface area (Å²) in [5.41, 5.74) is 5.38. The Morgan fingerprint density at radius 1 is 0.863 bits per heavy atom. The Labute approximate surface area is 298 Å². The first-order valence-corrected chi connectivity index (χ1v) is 17.9. The molecule has 0 unspecified atom stereocenters. The number of aromatic nitrogens is 2. The lowest BCUT2D eigenvalue weighted by Crippen LogP contribution is -2.19. The summed E-state index contributed by atoms with van der Waals surface area (Å²) in [5, 5.41) is 15.7. The third-order valence-corrected chi connectivity index (χ3v) is 9.67. The smallest absolute Gasteiger partial charge is 0.387 e. The number of nitrogens with zero attached hydrogens (tertiary/aromatic N) is 2. The van der Waals surface area contributed by atoms with E-state index in [-0.39, 0.29) is 15.9 Å². The minimum absolute atomic E-state index is 0.0116. The Bertz CT molecular complexity index is 2180. The van der Waals surface area contributed by atoms with Gasteiger partial charge in [-0.25, -0.2) is 9.78 Å². The van der Waals surface area contributed by atoms with Crippen molar-refractivity contribution in [3.05, 3.63) is 125 Å². The molecule has 6 aromatic rings. The van der Waals surface area contributed by atoms with E-state index in [1.165, 1.54) is 41.7 Å². The SMILES string of the molecule is Cc1ccc(NC(=O)c2ccc(NC(=O)Nc3ccc(OC(F)F)cc3)cc2)cc1Nc1nc(-c2cccnc2)cs1.O=S(=O)(O)c1cccs1. The second kappa shape index (κ2) is 16.8. The van der Waals surface area contributed by atoms with Crippen molar-refractivity contribution in [3.8, 4) is 17.0 Å². The molecule has 262 valence electrons.